The summed E-state index contributed by atoms with van der Waals surface area (Å²) < 4.78 is 23.2. The van der Waals surface area contributed by atoms with Crippen LogP contribution >= 0.6 is 11.5 Å². The molecular weight excluding hydrogens is 429 g/mol. The van der Waals surface area contributed by atoms with Gasteiger partial charge >= 0.3 is 0 Å². The first kappa shape index (κ1) is 22.4. The zero-order chi connectivity index (χ0) is 22.3. The molecule has 2 aromatic heterocycles. The van der Waals surface area contributed by atoms with Crippen LogP contribution in [0.3, 0.4) is 0 Å². The summed E-state index contributed by atoms with van der Waals surface area (Å²) in [6, 6.07) is 10.1. The Hall–Kier alpha value is -2.78. The maximum absolute atomic E-state index is 13.2. The van der Waals surface area contributed by atoms with Gasteiger partial charge in [0, 0.05) is 57.1 Å². The van der Waals surface area contributed by atoms with E-state index in [0.717, 1.165) is 49.2 Å². The van der Waals surface area contributed by atoms with Crippen LogP contribution in [0.2, 0.25) is 0 Å². The molecule has 0 N–H and O–H groups in total. The smallest absolute Gasteiger partial charge is 0.224 e. The number of hydrogen-bond acceptors (Lipinski definition) is 7. The Morgan fingerprint density at radius 2 is 1.97 bits per heavy atom. The fourth-order valence-corrected chi connectivity index (χ4v) is 4.47. The van der Waals surface area contributed by atoms with E-state index in [1.807, 2.05) is 21.9 Å². The standard InChI is InChI=1S/C23H28FN5O2S/c1-2-27-11-13-28(14-12-27)22(30)9-10-29(17-20-4-3-15-31-20)23-25-21(26-32-23)16-18-5-7-19(24)8-6-18/h3-8,15H,2,9-14,16-17H2,1H3. The fraction of sp³-hybridized carbons (Fsp3) is 0.435. The van der Waals surface area contributed by atoms with Crippen LogP contribution in [-0.2, 0) is 17.8 Å². The summed E-state index contributed by atoms with van der Waals surface area (Å²) in [4.78, 5) is 23.8. The van der Waals surface area contributed by atoms with Gasteiger partial charge in [-0.25, -0.2) is 9.37 Å². The van der Waals surface area contributed by atoms with E-state index in [9.17, 15) is 9.18 Å². The number of carbonyl (C=O) groups excluding carboxylic acids is 1. The minimum absolute atomic E-state index is 0.168. The highest BCUT2D eigenvalue weighted by atomic mass is 32.1. The van der Waals surface area contributed by atoms with Crippen LogP contribution in [0.5, 0.6) is 0 Å². The topological polar surface area (TPSA) is 65.7 Å². The molecule has 1 aliphatic heterocycles. The molecule has 1 fully saturated rings. The van der Waals surface area contributed by atoms with E-state index in [4.69, 9.17) is 4.42 Å². The van der Waals surface area contributed by atoms with Gasteiger partial charge in [-0.15, -0.1) is 0 Å². The number of rotatable bonds is 9. The predicted molar refractivity (Wildman–Crippen MR) is 122 cm³/mol. The number of aromatic nitrogens is 2. The number of halogens is 1. The first-order valence-corrected chi connectivity index (χ1v) is 11.7. The molecule has 0 unspecified atom stereocenters. The van der Waals surface area contributed by atoms with Crippen molar-refractivity contribution in [3.05, 3.63) is 65.6 Å². The molecule has 0 saturated carbocycles. The van der Waals surface area contributed by atoms with Gasteiger partial charge < -0.3 is 19.1 Å². The van der Waals surface area contributed by atoms with Crippen LogP contribution in [0.25, 0.3) is 0 Å². The van der Waals surface area contributed by atoms with Crippen LogP contribution in [0, 0.1) is 5.82 Å². The summed E-state index contributed by atoms with van der Waals surface area (Å²) in [7, 11) is 0. The summed E-state index contributed by atoms with van der Waals surface area (Å²) in [6.07, 6.45) is 2.59. The average molecular weight is 458 g/mol. The fourth-order valence-electron chi connectivity index (χ4n) is 3.77. The van der Waals surface area contributed by atoms with Crippen LogP contribution in [-0.4, -0.2) is 64.3 Å². The summed E-state index contributed by atoms with van der Waals surface area (Å²) >= 11 is 1.31. The lowest BCUT2D eigenvalue weighted by molar-refractivity contribution is -0.132. The molecule has 32 heavy (non-hydrogen) atoms. The molecule has 9 heteroatoms. The maximum Gasteiger partial charge on any atom is 0.224 e. The summed E-state index contributed by atoms with van der Waals surface area (Å²) in [6.45, 7) is 7.67. The Kier molecular flexibility index (Phi) is 7.49. The first-order valence-electron chi connectivity index (χ1n) is 10.9. The molecule has 1 amide bonds. The predicted octanol–water partition coefficient (Wildman–Crippen LogP) is 3.42. The van der Waals surface area contributed by atoms with Gasteiger partial charge in [0.15, 0.2) is 0 Å². The van der Waals surface area contributed by atoms with Crippen molar-refractivity contribution < 1.29 is 13.6 Å². The molecule has 3 aromatic rings. The van der Waals surface area contributed by atoms with Crippen molar-refractivity contribution in [2.75, 3.05) is 44.2 Å². The molecule has 0 atom stereocenters. The third-order valence-electron chi connectivity index (χ3n) is 5.70. The molecule has 0 bridgehead atoms. The van der Waals surface area contributed by atoms with E-state index >= 15 is 0 Å². The quantitative estimate of drug-likeness (QED) is 0.491. The number of nitrogens with zero attached hydrogens (tertiary/aromatic N) is 5. The van der Waals surface area contributed by atoms with Gasteiger partial charge in [-0.3, -0.25) is 4.79 Å². The van der Waals surface area contributed by atoms with Crippen LogP contribution in [0.1, 0.15) is 30.5 Å². The highest BCUT2D eigenvalue weighted by Gasteiger charge is 2.22. The third-order valence-corrected chi connectivity index (χ3v) is 6.51. The number of amides is 1. The number of hydrogen-bond donors (Lipinski definition) is 0. The van der Waals surface area contributed by atoms with Gasteiger partial charge in [-0.1, -0.05) is 19.1 Å². The monoisotopic (exact) mass is 457 g/mol. The lowest BCUT2D eigenvalue weighted by atomic mass is 10.1. The van der Waals surface area contributed by atoms with E-state index in [1.54, 1.807) is 18.4 Å². The zero-order valence-electron chi connectivity index (χ0n) is 18.2. The Labute approximate surface area is 191 Å². The summed E-state index contributed by atoms with van der Waals surface area (Å²) in [5.74, 6) is 1.40. The van der Waals surface area contributed by atoms with Crippen molar-refractivity contribution in [3.8, 4) is 0 Å². The van der Waals surface area contributed by atoms with E-state index in [-0.39, 0.29) is 11.7 Å². The highest BCUT2D eigenvalue weighted by Crippen LogP contribution is 2.22. The van der Waals surface area contributed by atoms with Crippen molar-refractivity contribution in [1.82, 2.24) is 19.2 Å². The molecule has 7 nitrogen and oxygen atoms in total. The van der Waals surface area contributed by atoms with Crippen LogP contribution in [0.15, 0.2) is 47.1 Å². The van der Waals surface area contributed by atoms with E-state index in [0.29, 0.717) is 31.8 Å². The zero-order valence-corrected chi connectivity index (χ0v) is 19.1. The Morgan fingerprint density at radius 3 is 2.66 bits per heavy atom. The molecule has 0 spiro atoms. The largest absolute Gasteiger partial charge is 0.467 e. The Balaban J connectivity index is 1.40. The number of benzene rings is 1. The molecule has 0 aliphatic carbocycles. The van der Waals surface area contributed by atoms with Crippen LogP contribution in [0.4, 0.5) is 9.52 Å². The van der Waals surface area contributed by atoms with Crippen molar-refractivity contribution >= 4 is 22.6 Å². The van der Waals surface area contributed by atoms with E-state index in [1.165, 1.54) is 23.7 Å². The van der Waals surface area contributed by atoms with E-state index < -0.39 is 0 Å². The second-order valence-corrected chi connectivity index (χ2v) is 8.59. The summed E-state index contributed by atoms with van der Waals surface area (Å²) in [5, 5.41) is 0.752. The number of piperazine rings is 1. The Morgan fingerprint density at radius 1 is 1.19 bits per heavy atom. The molecular formula is C23H28FN5O2S. The van der Waals surface area contributed by atoms with Gasteiger partial charge in [0.05, 0.1) is 12.8 Å². The lowest BCUT2D eigenvalue weighted by Gasteiger charge is -2.34. The molecule has 170 valence electrons. The van der Waals surface area contributed by atoms with Crippen molar-refractivity contribution in [2.24, 2.45) is 0 Å². The molecule has 3 heterocycles. The van der Waals surface area contributed by atoms with Crippen molar-refractivity contribution in [3.63, 3.8) is 0 Å². The second kappa shape index (κ2) is 10.7. The minimum Gasteiger partial charge on any atom is -0.467 e. The number of likely N-dealkylation sites (N-methyl/N-ethyl adjacent to an activating group) is 1. The number of anilines is 1. The Bertz CT molecular complexity index is 984. The molecule has 1 aliphatic rings. The maximum atomic E-state index is 13.2. The van der Waals surface area contributed by atoms with Gasteiger partial charge in [-0.05, 0) is 36.4 Å². The van der Waals surface area contributed by atoms with Crippen LogP contribution < -0.4 is 4.90 Å². The van der Waals surface area contributed by atoms with Gasteiger partial charge in [0.2, 0.25) is 11.0 Å². The van der Waals surface area contributed by atoms with Gasteiger partial charge in [0.25, 0.3) is 0 Å². The third kappa shape index (κ3) is 5.92. The van der Waals surface area contributed by atoms with E-state index in [2.05, 4.69) is 21.2 Å². The molecule has 1 aromatic carbocycles. The average Bonchev–Trinajstić information content (AvgIpc) is 3.50. The SMILES string of the molecule is CCN1CCN(C(=O)CCN(Cc2ccco2)c2nc(Cc3ccc(F)cc3)ns2)CC1. The van der Waals surface area contributed by atoms with Gasteiger partial charge in [0.1, 0.15) is 17.4 Å². The first-order chi connectivity index (χ1) is 15.6. The lowest BCUT2D eigenvalue weighted by Crippen LogP contribution is -2.49. The normalized spacial score (nSPS) is 14.6. The molecule has 1 saturated heterocycles. The highest BCUT2D eigenvalue weighted by molar-refractivity contribution is 7.09. The molecule has 0 radical (unpaired) electrons. The molecule has 4 rings (SSSR count). The van der Waals surface area contributed by atoms with Crippen molar-refractivity contribution in [2.45, 2.75) is 26.3 Å². The summed E-state index contributed by atoms with van der Waals surface area (Å²) in [5.41, 5.74) is 0.953. The number of carbonyl (C=O) groups is 1. The number of furan rings is 1. The minimum atomic E-state index is -0.258. The van der Waals surface area contributed by atoms with Gasteiger partial charge in [-0.2, -0.15) is 4.37 Å². The van der Waals surface area contributed by atoms with Crippen molar-refractivity contribution in [1.29, 1.82) is 0 Å². The second-order valence-electron chi connectivity index (χ2n) is 7.86.